The number of anilines is 1. The third-order valence-electron chi connectivity index (χ3n) is 2.69. The molecule has 1 aromatic rings. The van der Waals surface area contributed by atoms with Crippen LogP contribution in [0.2, 0.25) is 0 Å². The molecule has 0 spiro atoms. The van der Waals surface area contributed by atoms with Gasteiger partial charge in [0.25, 0.3) is 0 Å². The van der Waals surface area contributed by atoms with Crippen molar-refractivity contribution >= 4 is 11.6 Å². The lowest BCUT2D eigenvalue weighted by atomic mass is 9.99. The molecule has 88 valence electrons. The summed E-state index contributed by atoms with van der Waals surface area (Å²) < 4.78 is 0. The average molecular weight is 222 g/mol. The summed E-state index contributed by atoms with van der Waals surface area (Å²) in [6, 6.07) is 5.81. The van der Waals surface area contributed by atoms with Crippen molar-refractivity contribution in [2.45, 2.75) is 26.3 Å². The maximum absolute atomic E-state index is 11.7. The van der Waals surface area contributed by atoms with Crippen LogP contribution in [0.4, 0.5) is 5.69 Å². The molecule has 0 heterocycles. The molecule has 0 saturated heterocycles. The quantitative estimate of drug-likeness (QED) is 0.679. The van der Waals surface area contributed by atoms with Gasteiger partial charge in [-0.3, -0.25) is 4.79 Å². The number of nitrogens with one attached hydrogen (secondary N) is 1. The van der Waals surface area contributed by atoms with E-state index in [-0.39, 0.29) is 17.6 Å². The molecule has 0 aromatic heterocycles. The van der Waals surface area contributed by atoms with Crippen molar-refractivity contribution in [3.05, 3.63) is 24.3 Å². The molecule has 1 rings (SSSR count). The van der Waals surface area contributed by atoms with Gasteiger partial charge in [0.2, 0.25) is 5.91 Å². The molecule has 0 aliphatic heterocycles. The Hall–Kier alpha value is -1.55. The summed E-state index contributed by atoms with van der Waals surface area (Å²) in [6.45, 7) is 3.94. The van der Waals surface area contributed by atoms with Crippen molar-refractivity contribution < 1.29 is 9.90 Å². The number of nitrogens with two attached hydrogens (primary N) is 1. The number of benzene rings is 1. The fraction of sp³-hybridized carbons (Fsp3) is 0.417. The molecular weight excluding hydrogens is 204 g/mol. The van der Waals surface area contributed by atoms with E-state index in [4.69, 9.17) is 10.8 Å². The first-order chi connectivity index (χ1) is 7.54. The summed E-state index contributed by atoms with van der Waals surface area (Å²) >= 11 is 0. The van der Waals surface area contributed by atoms with E-state index in [1.807, 2.05) is 13.8 Å². The van der Waals surface area contributed by atoms with Crippen LogP contribution in [0.1, 0.15) is 20.3 Å². The van der Waals surface area contributed by atoms with E-state index in [9.17, 15) is 4.79 Å². The van der Waals surface area contributed by atoms with Crippen LogP contribution in [0.3, 0.4) is 0 Å². The third-order valence-corrected chi connectivity index (χ3v) is 2.69. The Bertz CT molecular complexity index is 349. The van der Waals surface area contributed by atoms with Crippen molar-refractivity contribution in [1.82, 2.24) is 0 Å². The first kappa shape index (κ1) is 12.5. The summed E-state index contributed by atoms with van der Waals surface area (Å²) in [6.07, 6.45) is 0.865. The third kappa shape index (κ3) is 3.24. The second kappa shape index (κ2) is 5.51. The maximum Gasteiger partial charge on any atom is 0.241 e. The van der Waals surface area contributed by atoms with E-state index in [0.29, 0.717) is 5.69 Å². The lowest BCUT2D eigenvalue weighted by Crippen LogP contribution is -2.40. The fourth-order valence-corrected chi connectivity index (χ4v) is 1.28. The zero-order valence-electron chi connectivity index (χ0n) is 9.60. The summed E-state index contributed by atoms with van der Waals surface area (Å²) in [5.41, 5.74) is 6.43. The van der Waals surface area contributed by atoms with Crippen LogP contribution in [0, 0.1) is 5.92 Å². The molecule has 16 heavy (non-hydrogen) atoms. The molecule has 0 fully saturated rings. The predicted molar refractivity (Wildman–Crippen MR) is 64.2 cm³/mol. The summed E-state index contributed by atoms with van der Waals surface area (Å²) in [5, 5.41) is 11.8. The summed E-state index contributed by atoms with van der Waals surface area (Å²) in [5.74, 6) is 0.126. The number of hydrogen-bond donors (Lipinski definition) is 3. The first-order valence-electron chi connectivity index (χ1n) is 5.40. The Kier molecular flexibility index (Phi) is 4.31. The minimum absolute atomic E-state index is 0.150. The molecule has 4 nitrogen and oxygen atoms in total. The number of carbonyl (C=O) groups is 1. The SMILES string of the molecule is CCC(C)[C@H](N)C(=O)Nc1ccc(O)cc1. The van der Waals surface area contributed by atoms with Gasteiger partial charge in [-0.15, -0.1) is 0 Å². The lowest BCUT2D eigenvalue weighted by molar-refractivity contribution is -0.118. The van der Waals surface area contributed by atoms with Crippen LogP contribution < -0.4 is 11.1 Å². The van der Waals surface area contributed by atoms with Crippen LogP contribution in [-0.2, 0) is 4.79 Å². The number of amides is 1. The van der Waals surface area contributed by atoms with Crippen molar-refractivity contribution in [3.8, 4) is 5.75 Å². The van der Waals surface area contributed by atoms with Gasteiger partial charge in [0.05, 0.1) is 6.04 Å². The Morgan fingerprint density at radius 3 is 2.50 bits per heavy atom. The van der Waals surface area contributed by atoms with Gasteiger partial charge >= 0.3 is 0 Å². The molecule has 0 aliphatic rings. The minimum atomic E-state index is -0.501. The van der Waals surface area contributed by atoms with Crippen molar-refractivity contribution in [1.29, 1.82) is 0 Å². The zero-order valence-corrected chi connectivity index (χ0v) is 9.60. The van der Waals surface area contributed by atoms with Gasteiger partial charge in [-0.1, -0.05) is 20.3 Å². The monoisotopic (exact) mass is 222 g/mol. The van der Waals surface area contributed by atoms with Gasteiger partial charge < -0.3 is 16.2 Å². The molecule has 1 aromatic carbocycles. The maximum atomic E-state index is 11.7. The normalized spacial score (nSPS) is 14.2. The lowest BCUT2D eigenvalue weighted by Gasteiger charge is -2.17. The Balaban J connectivity index is 2.60. The van der Waals surface area contributed by atoms with Crippen LogP contribution in [0.5, 0.6) is 5.75 Å². The van der Waals surface area contributed by atoms with E-state index < -0.39 is 6.04 Å². The molecule has 4 N–H and O–H groups in total. The molecule has 4 heteroatoms. The molecule has 0 bridgehead atoms. The average Bonchev–Trinajstić information content (AvgIpc) is 2.30. The van der Waals surface area contributed by atoms with Crippen molar-refractivity contribution in [2.24, 2.45) is 11.7 Å². The van der Waals surface area contributed by atoms with Gasteiger partial charge in [-0.05, 0) is 30.2 Å². The summed E-state index contributed by atoms with van der Waals surface area (Å²) in [4.78, 5) is 11.7. The second-order valence-corrected chi connectivity index (χ2v) is 3.95. The predicted octanol–water partition coefficient (Wildman–Crippen LogP) is 1.70. The molecule has 1 unspecified atom stereocenters. The Labute approximate surface area is 95.5 Å². The number of phenolic OH excluding ortho intramolecular Hbond substituents is 1. The van der Waals surface area contributed by atoms with Gasteiger partial charge in [0.15, 0.2) is 0 Å². The zero-order chi connectivity index (χ0) is 12.1. The molecular formula is C12H18N2O2. The van der Waals surface area contributed by atoms with E-state index in [2.05, 4.69) is 5.32 Å². The standard InChI is InChI=1S/C12H18N2O2/c1-3-8(2)11(13)12(16)14-9-4-6-10(15)7-5-9/h4-8,11,15H,3,13H2,1-2H3,(H,14,16)/t8?,11-/m0/s1. The number of phenols is 1. The highest BCUT2D eigenvalue weighted by molar-refractivity contribution is 5.94. The Morgan fingerprint density at radius 2 is 2.00 bits per heavy atom. The number of hydrogen-bond acceptors (Lipinski definition) is 3. The molecule has 1 amide bonds. The minimum Gasteiger partial charge on any atom is -0.508 e. The van der Waals surface area contributed by atoms with E-state index in [1.165, 1.54) is 12.1 Å². The van der Waals surface area contributed by atoms with Crippen LogP contribution in [0.15, 0.2) is 24.3 Å². The second-order valence-electron chi connectivity index (χ2n) is 3.95. The number of carbonyl (C=O) groups excluding carboxylic acids is 1. The topological polar surface area (TPSA) is 75.4 Å². The first-order valence-corrected chi connectivity index (χ1v) is 5.40. The van der Waals surface area contributed by atoms with Crippen LogP contribution in [0.25, 0.3) is 0 Å². The van der Waals surface area contributed by atoms with E-state index in [0.717, 1.165) is 6.42 Å². The van der Waals surface area contributed by atoms with Gasteiger partial charge in [-0.25, -0.2) is 0 Å². The highest BCUT2D eigenvalue weighted by Gasteiger charge is 2.19. The van der Waals surface area contributed by atoms with Crippen molar-refractivity contribution in [2.75, 3.05) is 5.32 Å². The number of aromatic hydroxyl groups is 1. The van der Waals surface area contributed by atoms with E-state index >= 15 is 0 Å². The van der Waals surface area contributed by atoms with E-state index in [1.54, 1.807) is 12.1 Å². The molecule has 2 atom stereocenters. The van der Waals surface area contributed by atoms with Gasteiger partial charge in [0.1, 0.15) is 5.75 Å². The largest absolute Gasteiger partial charge is 0.508 e. The van der Waals surface area contributed by atoms with Crippen molar-refractivity contribution in [3.63, 3.8) is 0 Å². The molecule has 0 saturated carbocycles. The van der Waals surface area contributed by atoms with Crippen LogP contribution >= 0.6 is 0 Å². The smallest absolute Gasteiger partial charge is 0.241 e. The Morgan fingerprint density at radius 1 is 1.44 bits per heavy atom. The summed E-state index contributed by atoms with van der Waals surface area (Å²) in [7, 11) is 0. The fourth-order valence-electron chi connectivity index (χ4n) is 1.28. The highest BCUT2D eigenvalue weighted by Crippen LogP contribution is 2.15. The number of rotatable bonds is 4. The van der Waals surface area contributed by atoms with Crippen LogP contribution in [-0.4, -0.2) is 17.1 Å². The molecule has 0 aliphatic carbocycles. The van der Waals surface area contributed by atoms with Gasteiger partial charge in [-0.2, -0.15) is 0 Å². The van der Waals surface area contributed by atoms with Gasteiger partial charge in [0, 0.05) is 5.69 Å². The molecule has 0 radical (unpaired) electrons. The highest BCUT2D eigenvalue weighted by atomic mass is 16.3.